The molecule has 0 saturated carbocycles. The van der Waals surface area contributed by atoms with E-state index in [4.69, 9.17) is 0 Å². The average molecular weight is 242 g/mol. The summed E-state index contributed by atoms with van der Waals surface area (Å²) in [6, 6.07) is 7.83. The first-order valence-corrected chi connectivity index (χ1v) is 6.36. The topological polar surface area (TPSA) is 34.9 Å². The van der Waals surface area contributed by atoms with Gasteiger partial charge in [0.2, 0.25) is 0 Å². The molecule has 1 aromatic heterocycles. The number of rotatable bonds is 5. The van der Waals surface area contributed by atoms with Crippen LogP contribution in [0.3, 0.4) is 0 Å². The fraction of sp³-hybridized carbons (Fsp3) is 0.333. The van der Waals surface area contributed by atoms with Gasteiger partial charge in [-0.25, -0.2) is 4.98 Å². The number of hydrogen-bond donors (Lipinski definition) is 0. The van der Waals surface area contributed by atoms with Gasteiger partial charge in [0.15, 0.2) is 5.78 Å². The Labute approximate surface area is 107 Å². The van der Waals surface area contributed by atoms with Gasteiger partial charge >= 0.3 is 0 Å². The van der Waals surface area contributed by atoms with Gasteiger partial charge in [-0.05, 0) is 12.5 Å². The molecule has 94 valence electrons. The Bertz CT molecular complexity index is 526. The molecule has 0 aliphatic heterocycles. The highest BCUT2D eigenvalue weighted by Gasteiger charge is 2.05. The third-order valence-electron chi connectivity index (χ3n) is 3.10. The van der Waals surface area contributed by atoms with Gasteiger partial charge in [0.05, 0.1) is 0 Å². The van der Waals surface area contributed by atoms with E-state index >= 15 is 0 Å². The molecule has 3 nitrogen and oxygen atoms in total. The van der Waals surface area contributed by atoms with Crippen LogP contribution in [0.15, 0.2) is 36.7 Å². The van der Waals surface area contributed by atoms with Crippen molar-refractivity contribution in [3.05, 3.63) is 53.6 Å². The molecule has 0 bridgehead atoms. The van der Waals surface area contributed by atoms with Crippen molar-refractivity contribution in [3.63, 3.8) is 0 Å². The lowest BCUT2D eigenvalue weighted by molar-refractivity contribution is 0.0988. The van der Waals surface area contributed by atoms with E-state index in [2.05, 4.69) is 16.5 Å². The van der Waals surface area contributed by atoms with Crippen LogP contribution in [-0.2, 0) is 13.0 Å². The van der Waals surface area contributed by atoms with Crippen molar-refractivity contribution in [1.82, 2.24) is 9.55 Å². The number of imidazole rings is 1. The smallest absolute Gasteiger partial charge is 0.162 e. The van der Waals surface area contributed by atoms with E-state index in [0.717, 1.165) is 24.4 Å². The number of Topliss-reactive ketones (excluding diaryl/α,β-unsaturated/α-hetero) is 1. The largest absolute Gasteiger partial charge is 0.335 e. The molecular weight excluding hydrogens is 224 g/mol. The number of ketones is 1. The molecule has 0 spiro atoms. The van der Waals surface area contributed by atoms with E-state index in [9.17, 15) is 4.79 Å². The number of hydrogen-bond acceptors (Lipinski definition) is 2. The fourth-order valence-corrected chi connectivity index (χ4v) is 1.99. The minimum atomic E-state index is 0.191. The van der Waals surface area contributed by atoms with Crippen LogP contribution in [0, 0.1) is 0 Å². The predicted molar refractivity (Wildman–Crippen MR) is 71.8 cm³/mol. The summed E-state index contributed by atoms with van der Waals surface area (Å²) in [4.78, 5) is 15.9. The molecule has 0 amide bonds. The highest BCUT2D eigenvalue weighted by Crippen LogP contribution is 2.11. The zero-order valence-electron chi connectivity index (χ0n) is 10.9. The molecule has 2 aromatic rings. The van der Waals surface area contributed by atoms with Crippen molar-refractivity contribution in [2.24, 2.45) is 0 Å². The summed E-state index contributed by atoms with van der Waals surface area (Å²) in [5.74, 6) is 1.25. The van der Waals surface area contributed by atoms with Crippen LogP contribution in [-0.4, -0.2) is 15.3 Å². The van der Waals surface area contributed by atoms with Crippen LogP contribution in [0.5, 0.6) is 0 Å². The van der Waals surface area contributed by atoms with E-state index in [1.165, 1.54) is 5.56 Å². The molecular formula is C15H18N2O. The monoisotopic (exact) mass is 242 g/mol. The SMILES string of the molecule is CCC(=O)c1ccc(Cc2nccn2CC)cc1. The second kappa shape index (κ2) is 5.63. The van der Waals surface area contributed by atoms with E-state index in [0.29, 0.717) is 6.42 Å². The number of nitrogens with zero attached hydrogens (tertiary/aromatic N) is 2. The lowest BCUT2D eigenvalue weighted by Crippen LogP contribution is -2.02. The van der Waals surface area contributed by atoms with Crippen LogP contribution in [0.25, 0.3) is 0 Å². The van der Waals surface area contributed by atoms with Gasteiger partial charge < -0.3 is 4.57 Å². The first-order valence-electron chi connectivity index (χ1n) is 6.36. The molecule has 0 radical (unpaired) electrons. The summed E-state index contributed by atoms with van der Waals surface area (Å²) in [6.07, 6.45) is 5.18. The Kier molecular flexibility index (Phi) is 3.92. The van der Waals surface area contributed by atoms with Crippen LogP contribution < -0.4 is 0 Å². The summed E-state index contributed by atoms with van der Waals surface area (Å²) in [5, 5.41) is 0. The minimum absolute atomic E-state index is 0.191. The maximum absolute atomic E-state index is 11.5. The fourth-order valence-electron chi connectivity index (χ4n) is 1.99. The molecule has 0 saturated heterocycles. The second-order valence-electron chi connectivity index (χ2n) is 4.28. The minimum Gasteiger partial charge on any atom is -0.335 e. The van der Waals surface area contributed by atoms with Gasteiger partial charge in [-0.2, -0.15) is 0 Å². The van der Waals surface area contributed by atoms with Crippen molar-refractivity contribution in [1.29, 1.82) is 0 Å². The molecule has 3 heteroatoms. The van der Waals surface area contributed by atoms with Crippen LogP contribution in [0.4, 0.5) is 0 Å². The zero-order chi connectivity index (χ0) is 13.0. The third kappa shape index (κ3) is 2.67. The molecule has 0 aliphatic rings. The lowest BCUT2D eigenvalue weighted by atomic mass is 10.0. The van der Waals surface area contributed by atoms with Crippen LogP contribution in [0.1, 0.15) is 42.0 Å². The van der Waals surface area contributed by atoms with Crippen LogP contribution in [0.2, 0.25) is 0 Å². The highest BCUT2D eigenvalue weighted by molar-refractivity contribution is 5.95. The summed E-state index contributed by atoms with van der Waals surface area (Å²) >= 11 is 0. The van der Waals surface area contributed by atoms with E-state index in [1.54, 1.807) is 0 Å². The van der Waals surface area contributed by atoms with Crippen molar-refractivity contribution >= 4 is 5.78 Å². The second-order valence-corrected chi connectivity index (χ2v) is 4.28. The lowest BCUT2D eigenvalue weighted by Gasteiger charge is -2.05. The molecule has 0 aliphatic carbocycles. The van der Waals surface area contributed by atoms with E-state index in [-0.39, 0.29) is 5.78 Å². The maximum Gasteiger partial charge on any atom is 0.162 e. The molecule has 0 fully saturated rings. The summed E-state index contributed by atoms with van der Waals surface area (Å²) in [6.45, 7) is 4.92. The number of carbonyl (C=O) groups is 1. The van der Waals surface area contributed by atoms with Gasteiger partial charge in [-0.3, -0.25) is 4.79 Å². The number of carbonyl (C=O) groups excluding carboxylic acids is 1. The van der Waals surface area contributed by atoms with Gasteiger partial charge in [0.1, 0.15) is 5.82 Å². The Balaban J connectivity index is 2.13. The first-order chi connectivity index (χ1) is 8.74. The van der Waals surface area contributed by atoms with Gasteiger partial charge in [0.25, 0.3) is 0 Å². The molecule has 0 N–H and O–H groups in total. The molecule has 1 aromatic carbocycles. The predicted octanol–water partition coefficient (Wildman–Crippen LogP) is 3.09. The third-order valence-corrected chi connectivity index (χ3v) is 3.10. The normalized spacial score (nSPS) is 10.6. The first kappa shape index (κ1) is 12.6. The van der Waals surface area contributed by atoms with E-state index in [1.807, 2.05) is 43.6 Å². The quantitative estimate of drug-likeness (QED) is 0.755. The van der Waals surface area contributed by atoms with Crippen molar-refractivity contribution in [3.8, 4) is 0 Å². The van der Waals surface area contributed by atoms with Gasteiger partial charge in [-0.15, -0.1) is 0 Å². The van der Waals surface area contributed by atoms with E-state index < -0.39 is 0 Å². The average Bonchev–Trinajstić information content (AvgIpc) is 2.86. The van der Waals surface area contributed by atoms with Crippen molar-refractivity contribution in [2.75, 3.05) is 0 Å². The Morgan fingerprint density at radius 2 is 1.94 bits per heavy atom. The molecule has 0 atom stereocenters. The summed E-state index contributed by atoms with van der Waals surface area (Å²) in [5.41, 5.74) is 1.98. The standard InChI is InChI=1S/C15H18N2O/c1-3-14(18)13-7-5-12(6-8-13)11-15-16-9-10-17(15)4-2/h5-10H,3-4,11H2,1-2H3. The molecule has 0 unspecified atom stereocenters. The molecule has 2 rings (SSSR count). The Hall–Kier alpha value is -1.90. The zero-order valence-corrected chi connectivity index (χ0v) is 10.9. The number of aryl methyl sites for hydroxylation is 1. The van der Waals surface area contributed by atoms with Gasteiger partial charge in [-0.1, -0.05) is 31.2 Å². The van der Waals surface area contributed by atoms with Crippen molar-refractivity contribution < 1.29 is 4.79 Å². The Morgan fingerprint density at radius 1 is 1.22 bits per heavy atom. The summed E-state index contributed by atoms with van der Waals surface area (Å²) in [7, 11) is 0. The number of aromatic nitrogens is 2. The maximum atomic E-state index is 11.5. The molecule has 18 heavy (non-hydrogen) atoms. The Morgan fingerprint density at radius 3 is 2.56 bits per heavy atom. The van der Waals surface area contributed by atoms with Crippen molar-refractivity contribution in [2.45, 2.75) is 33.2 Å². The van der Waals surface area contributed by atoms with Crippen LogP contribution >= 0.6 is 0 Å². The summed E-state index contributed by atoms with van der Waals surface area (Å²) < 4.78 is 2.13. The number of benzene rings is 1. The van der Waals surface area contributed by atoms with Gasteiger partial charge in [0, 0.05) is 37.3 Å². The molecule has 1 heterocycles. The highest BCUT2D eigenvalue weighted by atomic mass is 16.1.